The van der Waals surface area contributed by atoms with E-state index in [4.69, 9.17) is 4.74 Å². The Morgan fingerprint density at radius 1 is 0.907 bits per heavy atom. The number of halogens is 2. The highest BCUT2D eigenvalue weighted by Gasteiger charge is 2.20. The monoisotopic (exact) mass is 608 g/mol. The third-order valence-corrected chi connectivity index (χ3v) is 8.82. The zero-order valence-corrected chi connectivity index (χ0v) is 25.1. The largest absolute Gasteiger partial charge is 0.454 e. The lowest BCUT2D eigenvalue weighted by atomic mass is 9.92. The number of hydrogen-bond donors (Lipinski definition) is 2. The normalized spacial score (nSPS) is 14.5. The van der Waals surface area contributed by atoms with Crippen LogP contribution in [0.4, 0.5) is 14.5 Å². The predicted molar refractivity (Wildman–Crippen MR) is 165 cm³/mol. The molecule has 5 rings (SSSR count). The molecule has 1 saturated heterocycles. The molecule has 8 nitrogen and oxygen atoms in total. The fourth-order valence-corrected chi connectivity index (χ4v) is 5.75. The molecule has 43 heavy (non-hydrogen) atoms. The van der Waals surface area contributed by atoms with Crippen LogP contribution in [0.25, 0.3) is 22.3 Å². The van der Waals surface area contributed by atoms with E-state index in [1.54, 1.807) is 13.0 Å². The lowest BCUT2D eigenvalue weighted by Crippen LogP contribution is -2.43. The summed E-state index contributed by atoms with van der Waals surface area (Å²) in [5.41, 5.74) is 3.94. The Bertz CT molecular complexity index is 1780. The van der Waals surface area contributed by atoms with Crippen molar-refractivity contribution < 1.29 is 21.9 Å². The van der Waals surface area contributed by atoms with E-state index < -0.39 is 21.7 Å². The van der Waals surface area contributed by atoms with Crippen molar-refractivity contribution in [2.45, 2.75) is 20.4 Å². The second kappa shape index (κ2) is 12.7. The van der Waals surface area contributed by atoms with Crippen LogP contribution in [-0.2, 0) is 16.6 Å². The molecule has 1 aliphatic rings. The number of nitrogens with zero attached hydrogens (tertiary/aromatic N) is 2. The smallest absolute Gasteiger partial charge is 0.248 e. The molecule has 0 unspecified atom stereocenters. The van der Waals surface area contributed by atoms with E-state index in [0.29, 0.717) is 22.4 Å². The number of pyridine rings is 1. The summed E-state index contributed by atoms with van der Waals surface area (Å²) in [6.07, 6.45) is 0. The van der Waals surface area contributed by atoms with Gasteiger partial charge in [0.05, 0.1) is 5.75 Å². The van der Waals surface area contributed by atoms with Crippen LogP contribution in [0.15, 0.2) is 71.5 Å². The Morgan fingerprint density at radius 2 is 1.60 bits per heavy atom. The number of ether oxygens (including phenoxy) is 1. The molecule has 0 spiro atoms. The van der Waals surface area contributed by atoms with Gasteiger partial charge in [0.1, 0.15) is 11.6 Å². The van der Waals surface area contributed by atoms with Gasteiger partial charge < -0.3 is 14.6 Å². The molecule has 2 heterocycles. The lowest BCUT2D eigenvalue weighted by molar-refractivity contribution is 0.148. The van der Waals surface area contributed by atoms with E-state index in [1.807, 2.05) is 24.3 Å². The van der Waals surface area contributed by atoms with Crippen LogP contribution in [0.2, 0.25) is 0 Å². The zero-order chi connectivity index (χ0) is 30.7. The minimum Gasteiger partial charge on any atom is -0.454 e. The van der Waals surface area contributed by atoms with Gasteiger partial charge >= 0.3 is 0 Å². The van der Waals surface area contributed by atoms with Gasteiger partial charge in [0.25, 0.3) is 0 Å². The number of piperazine rings is 1. The van der Waals surface area contributed by atoms with E-state index in [-0.39, 0.29) is 28.5 Å². The molecule has 11 heteroatoms. The molecule has 0 bridgehead atoms. The van der Waals surface area contributed by atoms with Gasteiger partial charge in [-0.3, -0.25) is 14.4 Å². The third-order valence-electron chi connectivity index (χ3n) is 7.51. The van der Waals surface area contributed by atoms with Gasteiger partial charge in [-0.25, -0.2) is 17.2 Å². The van der Waals surface area contributed by atoms with Gasteiger partial charge in [0, 0.05) is 67.4 Å². The summed E-state index contributed by atoms with van der Waals surface area (Å²) in [5.74, 6) is -1.79. The summed E-state index contributed by atoms with van der Waals surface area (Å²) in [4.78, 5) is 20.2. The van der Waals surface area contributed by atoms with Crippen LogP contribution in [-0.4, -0.2) is 62.2 Å². The summed E-state index contributed by atoms with van der Waals surface area (Å²) < 4.78 is 61.4. The highest BCUT2D eigenvalue weighted by atomic mass is 32.2. The minimum absolute atomic E-state index is 0.134. The molecular formula is C32H34F2N4O4S. The van der Waals surface area contributed by atoms with Crippen molar-refractivity contribution in [1.82, 2.24) is 14.8 Å². The molecule has 0 saturated carbocycles. The number of nitrogens with one attached hydrogen (secondary N) is 2. The summed E-state index contributed by atoms with van der Waals surface area (Å²) in [7, 11) is -1.49. The van der Waals surface area contributed by atoms with Crippen LogP contribution in [0, 0.1) is 18.6 Å². The van der Waals surface area contributed by atoms with Crippen molar-refractivity contribution in [2.75, 3.05) is 43.7 Å². The van der Waals surface area contributed by atoms with E-state index in [2.05, 4.69) is 26.6 Å². The van der Waals surface area contributed by atoms with Gasteiger partial charge in [-0.2, -0.15) is 0 Å². The van der Waals surface area contributed by atoms with Gasteiger partial charge in [-0.05, 0) is 67.9 Å². The lowest BCUT2D eigenvalue weighted by Gasteiger charge is -2.32. The van der Waals surface area contributed by atoms with Crippen molar-refractivity contribution in [3.8, 4) is 33.8 Å². The van der Waals surface area contributed by atoms with Gasteiger partial charge in [0.15, 0.2) is 11.6 Å². The number of benzene rings is 3. The number of aryl methyl sites for hydroxylation is 1. The molecule has 0 aliphatic carbocycles. The van der Waals surface area contributed by atoms with Crippen molar-refractivity contribution in [1.29, 1.82) is 0 Å². The van der Waals surface area contributed by atoms with E-state index >= 15 is 0 Å². The van der Waals surface area contributed by atoms with Crippen LogP contribution in [0.5, 0.6) is 11.5 Å². The summed E-state index contributed by atoms with van der Waals surface area (Å²) >= 11 is 0. The molecule has 1 fully saturated rings. The number of rotatable bonds is 9. The average Bonchev–Trinajstić information content (AvgIpc) is 2.96. The predicted octanol–water partition coefficient (Wildman–Crippen LogP) is 5.60. The van der Waals surface area contributed by atoms with Gasteiger partial charge in [-0.1, -0.05) is 24.3 Å². The van der Waals surface area contributed by atoms with Crippen LogP contribution in [0.3, 0.4) is 0 Å². The van der Waals surface area contributed by atoms with E-state index in [0.717, 1.165) is 56.0 Å². The van der Waals surface area contributed by atoms with Crippen LogP contribution < -0.4 is 15.0 Å². The fraction of sp³-hybridized carbons (Fsp3) is 0.281. The second-order valence-corrected chi connectivity index (χ2v) is 12.7. The maximum Gasteiger partial charge on any atom is 0.248 e. The molecule has 3 aromatic carbocycles. The number of H-pyrrole nitrogens is 1. The number of hydrogen-bond acceptors (Lipinski definition) is 6. The second-order valence-electron chi connectivity index (χ2n) is 10.7. The molecule has 1 aliphatic heterocycles. The molecule has 0 amide bonds. The fourth-order valence-electron chi connectivity index (χ4n) is 5.12. The maximum absolute atomic E-state index is 14.6. The minimum atomic E-state index is -3.61. The number of likely N-dealkylation sites (N-methyl/N-ethyl adjacent to an activating group) is 1. The van der Waals surface area contributed by atoms with Crippen molar-refractivity contribution in [3.05, 3.63) is 100.0 Å². The Kier molecular flexibility index (Phi) is 8.95. The van der Waals surface area contributed by atoms with Crippen molar-refractivity contribution >= 4 is 15.7 Å². The van der Waals surface area contributed by atoms with E-state index in [9.17, 15) is 22.0 Å². The third kappa shape index (κ3) is 7.30. The Morgan fingerprint density at radius 3 is 2.28 bits per heavy atom. The summed E-state index contributed by atoms with van der Waals surface area (Å²) in [5, 5.41) is 0. The first kappa shape index (κ1) is 30.4. The number of anilines is 1. The molecule has 0 radical (unpaired) electrons. The summed E-state index contributed by atoms with van der Waals surface area (Å²) in [6.45, 7) is 8.09. The van der Waals surface area contributed by atoms with Gasteiger partial charge in [-0.15, -0.1) is 0 Å². The first-order chi connectivity index (χ1) is 20.5. The van der Waals surface area contributed by atoms with Crippen LogP contribution in [0.1, 0.15) is 18.2 Å². The van der Waals surface area contributed by atoms with Gasteiger partial charge in [0.2, 0.25) is 15.6 Å². The number of aromatic nitrogens is 1. The topological polar surface area (TPSA) is 94.7 Å². The SMILES string of the molecule is CCS(=O)(=O)Nc1ccc(Oc2ccc(F)cc2F)c(-c2c(-c3ccc(CN4CCN(C)CC4)cc3)cc(=O)[nH]c2C)c1. The molecule has 2 N–H and O–H groups in total. The average molecular weight is 609 g/mol. The zero-order valence-electron chi connectivity index (χ0n) is 24.3. The van der Waals surface area contributed by atoms with Crippen molar-refractivity contribution in [2.24, 2.45) is 0 Å². The van der Waals surface area contributed by atoms with E-state index in [1.165, 1.54) is 31.2 Å². The molecular weight excluding hydrogens is 574 g/mol. The molecule has 226 valence electrons. The first-order valence-corrected chi connectivity index (χ1v) is 15.7. The molecule has 1 aromatic heterocycles. The Hall–Kier alpha value is -4.06. The maximum atomic E-state index is 14.6. The standard InChI is InChI=1S/C32H34F2N4O4S/c1-4-43(40,41)36-25-10-12-29(42-30-11-9-24(33)17-28(30)34)27(18-25)32-21(2)35-31(39)19-26(32)23-7-5-22(6-8-23)20-38-15-13-37(3)14-16-38/h5-12,17-19,36H,4,13-16,20H2,1-3H3,(H,35,39). The Balaban J connectivity index is 1.59. The molecule has 4 aromatic rings. The highest BCUT2D eigenvalue weighted by molar-refractivity contribution is 7.92. The van der Waals surface area contributed by atoms with Crippen LogP contribution >= 0.6 is 0 Å². The number of aromatic amines is 1. The van der Waals surface area contributed by atoms with Crippen molar-refractivity contribution in [3.63, 3.8) is 0 Å². The quantitative estimate of drug-likeness (QED) is 0.257. The molecule has 0 atom stereocenters. The first-order valence-electron chi connectivity index (χ1n) is 14.0. The summed E-state index contributed by atoms with van der Waals surface area (Å²) in [6, 6.07) is 17.0. The number of sulfonamides is 1. The highest BCUT2D eigenvalue weighted by Crippen LogP contribution is 2.42. The Labute approximate surface area is 250 Å².